The highest BCUT2D eigenvalue weighted by Gasteiger charge is 2.08. The van der Waals surface area contributed by atoms with Crippen LogP contribution in [0.3, 0.4) is 0 Å². The summed E-state index contributed by atoms with van der Waals surface area (Å²) in [6, 6.07) is 8.95. The van der Waals surface area contributed by atoms with Gasteiger partial charge in [-0.1, -0.05) is 17.3 Å². The first-order chi connectivity index (χ1) is 11.2. The van der Waals surface area contributed by atoms with Crippen LogP contribution < -0.4 is 5.32 Å². The molecule has 2 heterocycles. The Balaban J connectivity index is 1.67. The second-order valence-electron chi connectivity index (χ2n) is 5.18. The van der Waals surface area contributed by atoms with Gasteiger partial charge in [-0.05, 0) is 25.5 Å². The van der Waals surface area contributed by atoms with E-state index in [1.165, 1.54) is 0 Å². The summed E-state index contributed by atoms with van der Waals surface area (Å²) in [7, 11) is 0. The van der Waals surface area contributed by atoms with E-state index in [1.807, 2.05) is 25.3 Å². The zero-order chi connectivity index (χ0) is 16.1. The van der Waals surface area contributed by atoms with Crippen LogP contribution >= 0.6 is 0 Å². The van der Waals surface area contributed by atoms with Crippen LogP contribution in [0.1, 0.15) is 12.1 Å². The van der Waals surface area contributed by atoms with Crippen LogP contribution in [0.2, 0.25) is 0 Å². The highest BCUT2D eigenvalue weighted by atomic mass is 16.3. The number of para-hydroxylation sites is 1. The first-order valence-corrected chi connectivity index (χ1v) is 7.44. The molecule has 3 aromatic rings. The Kier molecular flexibility index (Phi) is 4.46. The highest BCUT2D eigenvalue weighted by Crippen LogP contribution is 2.26. The third-order valence-electron chi connectivity index (χ3n) is 3.34. The number of phenolic OH excluding ortho intramolecular Hbond substituents is 1. The van der Waals surface area contributed by atoms with Crippen molar-refractivity contribution in [3.8, 4) is 17.1 Å². The Morgan fingerprint density at radius 2 is 2.09 bits per heavy atom. The summed E-state index contributed by atoms with van der Waals surface area (Å²) in [5.74, 6) is 1.44. The number of phenols is 1. The minimum atomic E-state index is 0.176. The molecule has 2 aromatic heterocycles. The lowest BCUT2D eigenvalue weighted by Gasteiger charge is -2.09. The number of rotatable bonds is 6. The fourth-order valence-electron chi connectivity index (χ4n) is 2.25. The molecular formula is C16H18N6O. The molecule has 0 aliphatic rings. The van der Waals surface area contributed by atoms with E-state index in [9.17, 15) is 5.11 Å². The molecule has 23 heavy (non-hydrogen) atoms. The summed E-state index contributed by atoms with van der Waals surface area (Å²) in [6.07, 6.45) is 4.41. The van der Waals surface area contributed by atoms with E-state index in [-0.39, 0.29) is 5.75 Å². The molecular weight excluding hydrogens is 292 g/mol. The quantitative estimate of drug-likeness (QED) is 0.679. The molecule has 0 fully saturated rings. The van der Waals surface area contributed by atoms with Gasteiger partial charge in [0, 0.05) is 31.0 Å². The van der Waals surface area contributed by atoms with Crippen LogP contribution in [-0.2, 0) is 6.54 Å². The highest BCUT2D eigenvalue weighted by molar-refractivity contribution is 5.64. The maximum atomic E-state index is 9.95. The van der Waals surface area contributed by atoms with Gasteiger partial charge in [0.15, 0.2) is 5.82 Å². The Labute approximate surface area is 134 Å². The van der Waals surface area contributed by atoms with E-state index in [0.29, 0.717) is 11.4 Å². The number of nitrogens with one attached hydrogen (secondary N) is 1. The van der Waals surface area contributed by atoms with Gasteiger partial charge in [0.25, 0.3) is 0 Å². The van der Waals surface area contributed by atoms with E-state index < -0.39 is 0 Å². The predicted octanol–water partition coefficient (Wildman–Crippen LogP) is 2.25. The number of hydrogen-bond acceptors (Lipinski definition) is 6. The molecule has 0 aliphatic carbocycles. The van der Waals surface area contributed by atoms with Gasteiger partial charge >= 0.3 is 0 Å². The maximum Gasteiger partial charge on any atom is 0.165 e. The molecule has 0 atom stereocenters. The molecule has 0 radical (unpaired) electrons. The second kappa shape index (κ2) is 6.87. The third kappa shape index (κ3) is 3.82. The Bertz CT molecular complexity index is 772. The first kappa shape index (κ1) is 15.0. The lowest BCUT2D eigenvalue weighted by Crippen LogP contribution is -2.09. The van der Waals surface area contributed by atoms with E-state index in [0.717, 1.165) is 31.0 Å². The van der Waals surface area contributed by atoms with Crippen molar-refractivity contribution in [1.82, 2.24) is 25.0 Å². The lowest BCUT2D eigenvalue weighted by molar-refractivity contribution is 0.477. The van der Waals surface area contributed by atoms with Crippen molar-refractivity contribution in [2.75, 3.05) is 11.9 Å². The van der Waals surface area contributed by atoms with Crippen LogP contribution in [-0.4, -0.2) is 36.6 Å². The SMILES string of the molecule is Cc1cc(NCCCn2ccnn2)nc(-c2ccccc2O)n1. The Morgan fingerprint density at radius 1 is 1.22 bits per heavy atom. The molecule has 0 spiro atoms. The Morgan fingerprint density at radius 3 is 2.87 bits per heavy atom. The van der Waals surface area contributed by atoms with Crippen LogP contribution in [0.15, 0.2) is 42.7 Å². The van der Waals surface area contributed by atoms with Crippen molar-refractivity contribution in [2.45, 2.75) is 19.9 Å². The van der Waals surface area contributed by atoms with Crippen molar-refractivity contribution in [3.63, 3.8) is 0 Å². The van der Waals surface area contributed by atoms with Gasteiger partial charge in [-0.25, -0.2) is 9.97 Å². The van der Waals surface area contributed by atoms with E-state index >= 15 is 0 Å². The van der Waals surface area contributed by atoms with Crippen LogP contribution in [0.4, 0.5) is 5.82 Å². The number of aromatic hydroxyl groups is 1. The number of anilines is 1. The van der Waals surface area contributed by atoms with Gasteiger partial charge in [0.1, 0.15) is 11.6 Å². The van der Waals surface area contributed by atoms with Crippen LogP contribution in [0.5, 0.6) is 5.75 Å². The van der Waals surface area contributed by atoms with Gasteiger partial charge in [0.2, 0.25) is 0 Å². The fraction of sp³-hybridized carbons (Fsp3) is 0.250. The zero-order valence-corrected chi connectivity index (χ0v) is 12.8. The standard InChI is InChI=1S/C16H18N6O/c1-12-11-15(17-7-4-9-22-10-8-18-21-22)20-16(19-12)13-5-2-3-6-14(13)23/h2-3,5-6,8,10-11,23H,4,7,9H2,1H3,(H,17,19,20). The van der Waals surface area contributed by atoms with Crippen molar-refractivity contribution in [2.24, 2.45) is 0 Å². The number of nitrogens with zero attached hydrogens (tertiary/aromatic N) is 5. The van der Waals surface area contributed by atoms with Crippen molar-refractivity contribution >= 4 is 5.82 Å². The fourth-order valence-corrected chi connectivity index (χ4v) is 2.25. The Hall–Kier alpha value is -2.96. The largest absolute Gasteiger partial charge is 0.507 e. The molecule has 0 bridgehead atoms. The van der Waals surface area contributed by atoms with E-state index in [2.05, 4.69) is 25.6 Å². The average Bonchev–Trinajstić information content (AvgIpc) is 3.05. The summed E-state index contributed by atoms with van der Waals surface area (Å²) in [5.41, 5.74) is 1.47. The molecule has 7 nitrogen and oxygen atoms in total. The molecule has 0 unspecified atom stereocenters. The minimum Gasteiger partial charge on any atom is -0.507 e. The first-order valence-electron chi connectivity index (χ1n) is 7.44. The van der Waals surface area contributed by atoms with Crippen molar-refractivity contribution < 1.29 is 5.11 Å². The van der Waals surface area contributed by atoms with Gasteiger partial charge in [-0.3, -0.25) is 4.68 Å². The number of aryl methyl sites for hydroxylation is 2. The summed E-state index contributed by atoms with van der Waals surface area (Å²) < 4.78 is 1.79. The van der Waals surface area contributed by atoms with Crippen LogP contribution in [0, 0.1) is 6.92 Å². The molecule has 0 aliphatic heterocycles. The van der Waals surface area contributed by atoms with Gasteiger partial charge < -0.3 is 10.4 Å². The summed E-state index contributed by atoms with van der Waals surface area (Å²) in [5, 5.41) is 20.9. The van der Waals surface area contributed by atoms with Gasteiger partial charge in [-0.15, -0.1) is 5.10 Å². The van der Waals surface area contributed by atoms with E-state index in [1.54, 1.807) is 29.1 Å². The minimum absolute atomic E-state index is 0.176. The average molecular weight is 310 g/mol. The lowest BCUT2D eigenvalue weighted by atomic mass is 10.2. The number of hydrogen-bond donors (Lipinski definition) is 2. The van der Waals surface area contributed by atoms with Crippen molar-refractivity contribution in [3.05, 3.63) is 48.4 Å². The normalized spacial score (nSPS) is 10.7. The molecule has 1 aromatic carbocycles. The van der Waals surface area contributed by atoms with Gasteiger partial charge in [-0.2, -0.15) is 0 Å². The summed E-state index contributed by atoms with van der Waals surface area (Å²) in [4.78, 5) is 8.88. The topological polar surface area (TPSA) is 88.8 Å². The van der Waals surface area contributed by atoms with E-state index in [4.69, 9.17) is 0 Å². The molecule has 0 saturated carbocycles. The molecule has 0 amide bonds. The monoisotopic (exact) mass is 310 g/mol. The number of aromatic nitrogens is 5. The molecule has 118 valence electrons. The molecule has 2 N–H and O–H groups in total. The van der Waals surface area contributed by atoms with Crippen LogP contribution in [0.25, 0.3) is 11.4 Å². The second-order valence-corrected chi connectivity index (χ2v) is 5.18. The maximum absolute atomic E-state index is 9.95. The van der Waals surface area contributed by atoms with Crippen molar-refractivity contribution in [1.29, 1.82) is 0 Å². The molecule has 0 saturated heterocycles. The number of benzene rings is 1. The smallest absolute Gasteiger partial charge is 0.165 e. The third-order valence-corrected chi connectivity index (χ3v) is 3.34. The predicted molar refractivity (Wildman–Crippen MR) is 87.0 cm³/mol. The molecule has 3 rings (SSSR count). The zero-order valence-electron chi connectivity index (χ0n) is 12.8. The summed E-state index contributed by atoms with van der Waals surface area (Å²) in [6.45, 7) is 3.46. The molecule has 7 heteroatoms. The summed E-state index contributed by atoms with van der Waals surface area (Å²) >= 11 is 0. The van der Waals surface area contributed by atoms with Gasteiger partial charge in [0.05, 0.1) is 11.8 Å².